The third kappa shape index (κ3) is 2.20. The number of aromatic amines is 1. The minimum atomic E-state index is -0.256. The van der Waals surface area contributed by atoms with Gasteiger partial charge in [0.1, 0.15) is 5.69 Å². The Bertz CT molecular complexity index is 726. The number of hydrogen-bond acceptors (Lipinski definition) is 2. The number of anilines is 1. The summed E-state index contributed by atoms with van der Waals surface area (Å²) in [4.78, 5) is 19.4. The normalized spacial score (nSPS) is 10.8. The molecule has 0 fully saturated rings. The summed E-state index contributed by atoms with van der Waals surface area (Å²) in [6.45, 7) is 0. The molecule has 2 N–H and O–H groups in total. The molecule has 0 aliphatic carbocycles. The van der Waals surface area contributed by atoms with E-state index in [2.05, 4.69) is 15.3 Å². The number of fused-ring (bicyclic) bond motifs is 1. The molecular weight excluding hydrogens is 264 g/mol. The Morgan fingerprint density at radius 1 is 1.42 bits per heavy atom. The van der Waals surface area contributed by atoms with Crippen LogP contribution >= 0.6 is 11.6 Å². The summed E-state index contributed by atoms with van der Waals surface area (Å²) in [5.41, 5.74) is 2.16. The number of para-hydroxylation sites is 2. The van der Waals surface area contributed by atoms with Gasteiger partial charge in [0.2, 0.25) is 5.95 Å². The molecule has 6 heteroatoms. The molecule has 0 bridgehead atoms. The Labute approximate surface area is 114 Å². The smallest absolute Gasteiger partial charge is 0.274 e. The molecule has 2 heterocycles. The second kappa shape index (κ2) is 4.44. The van der Waals surface area contributed by atoms with E-state index in [-0.39, 0.29) is 5.91 Å². The zero-order valence-corrected chi connectivity index (χ0v) is 10.9. The number of H-pyrrole nitrogens is 1. The van der Waals surface area contributed by atoms with Gasteiger partial charge in [0, 0.05) is 13.2 Å². The molecule has 3 aromatic rings. The molecule has 2 aromatic heterocycles. The van der Waals surface area contributed by atoms with Crippen molar-refractivity contribution in [1.29, 1.82) is 0 Å². The number of aryl methyl sites for hydroxylation is 1. The maximum Gasteiger partial charge on any atom is 0.274 e. The molecule has 96 valence electrons. The number of halogens is 1. The second-order valence-corrected chi connectivity index (χ2v) is 4.65. The van der Waals surface area contributed by atoms with Crippen LogP contribution in [-0.2, 0) is 7.05 Å². The third-order valence-corrected chi connectivity index (χ3v) is 3.03. The van der Waals surface area contributed by atoms with E-state index in [1.807, 2.05) is 24.3 Å². The fourth-order valence-corrected chi connectivity index (χ4v) is 2.18. The monoisotopic (exact) mass is 274 g/mol. The summed E-state index contributed by atoms with van der Waals surface area (Å²) < 4.78 is 1.67. The summed E-state index contributed by atoms with van der Waals surface area (Å²) in [6.07, 6.45) is 1.68. The number of carbonyl (C=O) groups is 1. The lowest BCUT2D eigenvalue weighted by Crippen LogP contribution is -2.16. The summed E-state index contributed by atoms with van der Waals surface area (Å²) in [5, 5.41) is 3.24. The predicted octanol–water partition coefficient (Wildman–Crippen LogP) is 2.81. The molecule has 0 radical (unpaired) electrons. The van der Waals surface area contributed by atoms with Crippen molar-refractivity contribution in [2.24, 2.45) is 7.05 Å². The van der Waals surface area contributed by atoms with Gasteiger partial charge >= 0.3 is 0 Å². The quantitative estimate of drug-likeness (QED) is 0.755. The largest absolute Gasteiger partial charge is 0.345 e. The van der Waals surface area contributed by atoms with Crippen molar-refractivity contribution in [3.63, 3.8) is 0 Å². The van der Waals surface area contributed by atoms with Gasteiger partial charge in [0.05, 0.1) is 16.1 Å². The average molecular weight is 275 g/mol. The zero-order chi connectivity index (χ0) is 13.4. The van der Waals surface area contributed by atoms with Crippen molar-refractivity contribution in [3.05, 3.63) is 47.2 Å². The minimum Gasteiger partial charge on any atom is -0.345 e. The lowest BCUT2D eigenvalue weighted by atomic mass is 10.3. The first kappa shape index (κ1) is 11.8. The van der Waals surface area contributed by atoms with E-state index in [0.717, 1.165) is 11.0 Å². The lowest BCUT2D eigenvalue weighted by molar-refractivity contribution is 0.101. The van der Waals surface area contributed by atoms with E-state index >= 15 is 0 Å². The van der Waals surface area contributed by atoms with Crippen molar-refractivity contribution in [1.82, 2.24) is 14.5 Å². The molecule has 0 saturated carbocycles. The highest BCUT2D eigenvalue weighted by atomic mass is 35.5. The number of rotatable bonds is 2. The Kier molecular flexibility index (Phi) is 2.76. The fraction of sp³-hybridized carbons (Fsp3) is 0.0769. The molecule has 1 amide bonds. The van der Waals surface area contributed by atoms with Gasteiger partial charge in [0.25, 0.3) is 5.91 Å². The van der Waals surface area contributed by atoms with Gasteiger partial charge in [-0.2, -0.15) is 0 Å². The van der Waals surface area contributed by atoms with E-state index in [0.29, 0.717) is 16.7 Å². The number of benzene rings is 1. The van der Waals surface area contributed by atoms with E-state index in [1.54, 1.807) is 23.9 Å². The van der Waals surface area contributed by atoms with Gasteiger partial charge in [0.15, 0.2) is 0 Å². The summed E-state index contributed by atoms with van der Waals surface area (Å²) in [5.74, 6) is 0.164. The van der Waals surface area contributed by atoms with E-state index in [9.17, 15) is 4.79 Å². The van der Waals surface area contributed by atoms with Crippen molar-refractivity contribution in [2.45, 2.75) is 0 Å². The van der Waals surface area contributed by atoms with Crippen LogP contribution in [0.25, 0.3) is 11.0 Å². The first-order valence-electron chi connectivity index (χ1n) is 5.71. The Morgan fingerprint density at radius 3 is 2.89 bits per heavy atom. The third-order valence-electron chi connectivity index (χ3n) is 2.83. The number of imidazole rings is 1. The molecule has 0 saturated heterocycles. The van der Waals surface area contributed by atoms with Gasteiger partial charge < -0.3 is 9.55 Å². The van der Waals surface area contributed by atoms with E-state index in [4.69, 9.17) is 11.6 Å². The number of hydrogen-bond donors (Lipinski definition) is 2. The summed E-state index contributed by atoms with van der Waals surface area (Å²) >= 11 is 5.85. The predicted molar refractivity (Wildman–Crippen MR) is 74.5 cm³/mol. The first-order chi connectivity index (χ1) is 9.13. The fourth-order valence-electron chi connectivity index (χ4n) is 1.93. The number of aromatic nitrogens is 3. The Balaban J connectivity index is 1.88. The van der Waals surface area contributed by atoms with Crippen molar-refractivity contribution >= 4 is 34.5 Å². The molecule has 0 aliphatic rings. The van der Waals surface area contributed by atoms with Crippen LogP contribution in [0.2, 0.25) is 5.02 Å². The maximum absolute atomic E-state index is 12.1. The van der Waals surface area contributed by atoms with Crippen LogP contribution in [-0.4, -0.2) is 20.4 Å². The highest BCUT2D eigenvalue weighted by Crippen LogP contribution is 2.16. The number of amides is 1. The first-order valence-corrected chi connectivity index (χ1v) is 6.09. The highest BCUT2D eigenvalue weighted by Gasteiger charge is 2.13. The molecule has 0 atom stereocenters. The summed E-state index contributed by atoms with van der Waals surface area (Å²) in [7, 11) is 1.76. The Hall–Kier alpha value is -2.27. The van der Waals surface area contributed by atoms with Gasteiger partial charge in [-0.3, -0.25) is 10.1 Å². The van der Waals surface area contributed by atoms with E-state index in [1.165, 1.54) is 0 Å². The van der Waals surface area contributed by atoms with Crippen LogP contribution in [0, 0.1) is 0 Å². The standard InChI is InChI=1S/C13H11ClN4O/c1-18-7-8(14)6-11(18)12(19)17-13-15-9-4-2-3-5-10(9)16-13/h2-7H,1H3,(H2,15,16,17,19). The molecule has 3 rings (SSSR count). The maximum atomic E-state index is 12.1. The molecule has 1 aromatic carbocycles. The highest BCUT2D eigenvalue weighted by molar-refractivity contribution is 6.31. The summed E-state index contributed by atoms with van der Waals surface area (Å²) in [6, 6.07) is 9.19. The molecular formula is C13H11ClN4O. The number of nitrogens with zero attached hydrogens (tertiary/aromatic N) is 2. The Morgan fingerprint density at radius 2 is 2.21 bits per heavy atom. The van der Waals surface area contributed by atoms with Crippen LogP contribution in [0.15, 0.2) is 36.5 Å². The average Bonchev–Trinajstić information content (AvgIpc) is 2.91. The van der Waals surface area contributed by atoms with Gasteiger partial charge in [-0.1, -0.05) is 23.7 Å². The molecule has 0 unspecified atom stereocenters. The van der Waals surface area contributed by atoms with Crippen molar-refractivity contribution in [2.75, 3.05) is 5.32 Å². The topological polar surface area (TPSA) is 62.7 Å². The van der Waals surface area contributed by atoms with Crippen molar-refractivity contribution in [3.8, 4) is 0 Å². The van der Waals surface area contributed by atoms with Gasteiger partial charge in [-0.15, -0.1) is 0 Å². The van der Waals surface area contributed by atoms with Gasteiger partial charge in [-0.25, -0.2) is 4.98 Å². The van der Waals surface area contributed by atoms with Crippen LogP contribution in [0.5, 0.6) is 0 Å². The van der Waals surface area contributed by atoms with Crippen molar-refractivity contribution < 1.29 is 4.79 Å². The number of nitrogens with one attached hydrogen (secondary N) is 2. The molecule has 19 heavy (non-hydrogen) atoms. The van der Waals surface area contributed by atoms with Crippen LogP contribution < -0.4 is 5.32 Å². The zero-order valence-electron chi connectivity index (χ0n) is 10.1. The second-order valence-electron chi connectivity index (χ2n) is 4.21. The van der Waals surface area contributed by atoms with E-state index < -0.39 is 0 Å². The molecule has 0 aliphatic heterocycles. The van der Waals surface area contributed by atoms with Crippen LogP contribution in [0.3, 0.4) is 0 Å². The molecule has 0 spiro atoms. The lowest BCUT2D eigenvalue weighted by Gasteiger charge is -2.02. The molecule has 5 nitrogen and oxygen atoms in total. The van der Waals surface area contributed by atoms with Gasteiger partial charge in [-0.05, 0) is 18.2 Å². The number of carbonyl (C=O) groups excluding carboxylic acids is 1. The minimum absolute atomic E-state index is 0.256. The SMILES string of the molecule is Cn1cc(Cl)cc1C(=O)Nc1nc2ccccc2[nH]1. The van der Waals surface area contributed by atoms with Crippen LogP contribution in [0.4, 0.5) is 5.95 Å². The van der Waals surface area contributed by atoms with Crippen LogP contribution in [0.1, 0.15) is 10.5 Å².